The number of rotatable bonds is 3. The van der Waals surface area contributed by atoms with E-state index in [1.807, 2.05) is 0 Å². The minimum absolute atomic E-state index is 0.0530. The molecule has 0 spiro atoms. The van der Waals surface area contributed by atoms with Crippen LogP contribution in [0.1, 0.15) is 10.5 Å². The maximum absolute atomic E-state index is 10.8. The van der Waals surface area contributed by atoms with E-state index in [4.69, 9.17) is 14.6 Å². The van der Waals surface area contributed by atoms with Gasteiger partial charge in [0, 0.05) is 6.07 Å². The van der Waals surface area contributed by atoms with Crippen molar-refractivity contribution in [2.24, 2.45) is 0 Å². The van der Waals surface area contributed by atoms with Crippen molar-refractivity contribution in [2.75, 3.05) is 14.2 Å². The average molecular weight is 234 g/mol. The van der Waals surface area contributed by atoms with Crippen molar-refractivity contribution in [1.82, 2.24) is 9.97 Å². The van der Waals surface area contributed by atoms with E-state index in [1.165, 1.54) is 20.3 Å². The molecule has 6 nitrogen and oxygen atoms in total. The molecule has 0 unspecified atom stereocenters. The maximum atomic E-state index is 10.8. The SMILES string of the molecule is COc1cc(OC)c2nc(C(=O)O)ccc2n1. The number of aromatic nitrogens is 2. The third-order valence-corrected chi connectivity index (χ3v) is 2.24. The van der Waals surface area contributed by atoms with Crippen LogP contribution in [0.15, 0.2) is 18.2 Å². The van der Waals surface area contributed by atoms with Crippen LogP contribution in [0.25, 0.3) is 11.0 Å². The van der Waals surface area contributed by atoms with Crippen LogP contribution in [0.4, 0.5) is 0 Å². The van der Waals surface area contributed by atoms with Gasteiger partial charge in [0.25, 0.3) is 0 Å². The van der Waals surface area contributed by atoms with Gasteiger partial charge in [0.05, 0.1) is 19.7 Å². The number of pyridine rings is 2. The predicted octanol–water partition coefficient (Wildman–Crippen LogP) is 1.35. The summed E-state index contributed by atoms with van der Waals surface area (Å²) in [6.07, 6.45) is 0. The van der Waals surface area contributed by atoms with Crippen molar-refractivity contribution >= 4 is 17.0 Å². The third kappa shape index (κ3) is 1.96. The Morgan fingerprint density at radius 1 is 1.24 bits per heavy atom. The first-order valence-corrected chi connectivity index (χ1v) is 4.78. The fourth-order valence-electron chi connectivity index (χ4n) is 1.43. The molecule has 2 heterocycles. The Morgan fingerprint density at radius 2 is 2.00 bits per heavy atom. The van der Waals surface area contributed by atoms with Crippen LogP contribution in [0, 0.1) is 0 Å². The number of nitrogens with zero attached hydrogens (tertiary/aromatic N) is 2. The third-order valence-electron chi connectivity index (χ3n) is 2.24. The van der Waals surface area contributed by atoms with Gasteiger partial charge in [-0.1, -0.05) is 0 Å². The molecule has 2 rings (SSSR count). The molecular formula is C11H10N2O4. The van der Waals surface area contributed by atoms with Gasteiger partial charge in [-0.05, 0) is 12.1 Å². The normalized spacial score (nSPS) is 10.2. The topological polar surface area (TPSA) is 81.5 Å². The number of fused-ring (bicyclic) bond motifs is 1. The van der Waals surface area contributed by atoms with Gasteiger partial charge in [-0.25, -0.2) is 14.8 Å². The summed E-state index contributed by atoms with van der Waals surface area (Å²) in [5.41, 5.74) is 0.863. The predicted molar refractivity (Wildman–Crippen MR) is 59.6 cm³/mol. The van der Waals surface area contributed by atoms with Crippen LogP contribution in [-0.4, -0.2) is 35.3 Å². The molecule has 0 aliphatic rings. The monoisotopic (exact) mass is 234 g/mol. The molecule has 0 bridgehead atoms. The Bertz CT molecular complexity index is 583. The number of aromatic carboxylic acids is 1. The number of methoxy groups -OCH3 is 2. The number of hydrogen-bond donors (Lipinski definition) is 1. The second-order valence-electron chi connectivity index (χ2n) is 3.24. The van der Waals surface area contributed by atoms with Gasteiger partial charge in [-0.15, -0.1) is 0 Å². The highest BCUT2D eigenvalue weighted by Gasteiger charge is 2.11. The molecule has 2 aromatic rings. The van der Waals surface area contributed by atoms with Crippen molar-refractivity contribution < 1.29 is 19.4 Å². The maximum Gasteiger partial charge on any atom is 0.354 e. The summed E-state index contributed by atoms with van der Waals surface area (Å²) in [4.78, 5) is 18.9. The summed E-state index contributed by atoms with van der Waals surface area (Å²) in [7, 11) is 2.97. The molecule has 6 heteroatoms. The van der Waals surface area contributed by atoms with E-state index in [0.717, 1.165) is 0 Å². The number of carboxylic acids is 1. The Morgan fingerprint density at radius 3 is 2.59 bits per heavy atom. The molecule has 0 radical (unpaired) electrons. The molecule has 2 aromatic heterocycles. The van der Waals surface area contributed by atoms with E-state index >= 15 is 0 Å². The zero-order valence-electron chi connectivity index (χ0n) is 9.30. The molecule has 0 saturated carbocycles. The van der Waals surface area contributed by atoms with Gasteiger partial charge in [-0.3, -0.25) is 0 Å². The lowest BCUT2D eigenvalue weighted by atomic mass is 10.2. The first kappa shape index (κ1) is 11.1. The number of ether oxygens (including phenoxy) is 2. The number of carbonyl (C=O) groups is 1. The molecule has 0 saturated heterocycles. The van der Waals surface area contributed by atoms with E-state index in [-0.39, 0.29) is 5.69 Å². The number of carboxylic acid groups (broad SMARTS) is 1. The van der Waals surface area contributed by atoms with E-state index in [2.05, 4.69) is 9.97 Å². The molecule has 0 amide bonds. The summed E-state index contributed by atoms with van der Waals surface area (Å²) < 4.78 is 10.1. The lowest BCUT2D eigenvalue weighted by molar-refractivity contribution is 0.0691. The van der Waals surface area contributed by atoms with E-state index < -0.39 is 5.97 Å². The largest absolute Gasteiger partial charge is 0.494 e. The fourth-order valence-corrected chi connectivity index (χ4v) is 1.43. The summed E-state index contributed by atoms with van der Waals surface area (Å²) in [5, 5.41) is 8.86. The average Bonchev–Trinajstić information content (AvgIpc) is 2.36. The molecule has 0 aliphatic heterocycles. The van der Waals surface area contributed by atoms with Gasteiger partial charge in [-0.2, -0.15) is 0 Å². The second kappa shape index (κ2) is 4.25. The van der Waals surface area contributed by atoms with Crippen LogP contribution in [0.3, 0.4) is 0 Å². The molecule has 0 fully saturated rings. The Hall–Kier alpha value is -2.37. The lowest BCUT2D eigenvalue weighted by Crippen LogP contribution is -2.02. The zero-order valence-corrected chi connectivity index (χ0v) is 9.30. The van der Waals surface area contributed by atoms with E-state index in [1.54, 1.807) is 12.1 Å². The molecule has 1 N–H and O–H groups in total. The van der Waals surface area contributed by atoms with Gasteiger partial charge in [0.1, 0.15) is 11.2 Å². The van der Waals surface area contributed by atoms with Crippen molar-refractivity contribution in [2.45, 2.75) is 0 Å². The van der Waals surface area contributed by atoms with Gasteiger partial charge >= 0.3 is 5.97 Å². The molecule has 17 heavy (non-hydrogen) atoms. The van der Waals surface area contributed by atoms with Crippen molar-refractivity contribution in [1.29, 1.82) is 0 Å². The number of hydrogen-bond acceptors (Lipinski definition) is 5. The minimum atomic E-state index is -1.09. The second-order valence-corrected chi connectivity index (χ2v) is 3.24. The lowest BCUT2D eigenvalue weighted by Gasteiger charge is -2.07. The van der Waals surface area contributed by atoms with Gasteiger partial charge in [0.15, 0.2) is 5.75 Å². The molecular weight excluding hydrogens is 224 g/mol. The molecule has 0 aromatic carbocycles. The Kier molecular flexibility index (Phi) is 2.78. The highest BCUT2D eigenvalue weighted by Crippen LogP contribution is 2.26. The Labute approximate surface area is 96.8 Å². The summed E-state index contributed by atoms with van der Waals surface area (Å²) in [6.45, 7) is 0. The standard InChI is InChI=1S/C11H10N2O4/c1-16-8-5-9(17-2)12-6-3-4-7(11(14)15)13-10(6)8/h3-5H,1-2H3,(H,14,15). The fraction of sp³-hybridized carbons (Fsp3) is 0.182. The molecule has 88 valence electrons. The van der Waals surface area contributed by atoms with Crippen LogP contribution in [-0.2, 0) is 0 Å². The van der Waals surface area contributed by atoms with Gasteiger partial charge in [0.2, 0.25) is 5.88 Å². The highest BCUT2D eigenvalue weighted by atomic mass is 16.5. The smallest absolute Gasteiger partial charge is 0.354 e. The first-order valence-electron chi connectivity index (χ1n) is 4.78. The molecule has 0 atom stereocenters. The van der Waals surface area contributed by atoms with Crippen LogP contribution in [0.2, 0.25) is 0 Å². The molecule has 0 aliphatic carbocycles. The summed E-state index contributed by atoms with van der Waals surface area (Å²) in [6, 6.07) is 4.51. The summed E-state index contributed by atoms with van der Waals surface area (Å²) in [5.74, 6) is -0.279. The first-order chi connectivity index (χ1) is 8.15. The van der Waals surface area contributed by atoms with Crippen molar-refractivity contribution in [3.8, 4) is 11.6 Å². The quantitative estimate of drug-likeness (QED) is 0.863. The summed E-state index contributed by atoms with van der Waals surface area (Å²) >= 11 is 0. The minimum Gasteiger partial charge on any atom is -0.494 e. The van der Waals surface area contributed by atoms with Crippen LogP contribution < -0.4 is 9.47 Å². The van der Waals surface area contributed by atoms with Gasteiger partial charge < -0.3 is 14.6 Å². The van der Waals surface area contributed by atoms with E-state index in [9.17, 15) is 4.79 Å². The zero-order chi connectivity index (χ0) is 12.4. The van der Waals surface area contributed by atoms with Crippen molar-refractivity contribution in [3.05, 3.63) is 23.9 Å². The van der Waals surface area contributed by atoms with Crippen LogP contribution in [0.5, 0.6) is 11.6 Å². The van der Waals surface area contributed by atoms with E-state index in [0.29, 0.717) is 22.7 Å². The van der Waals surface area contributed by atoms with Crippen LogP contribution >= 0.6 is 0 Å². The highest BCUT2D eigenvalue weighted by molar-refractivity contribution is 5.90. The van der Waals surface area contributed by atoms with Crippen molar-refractivity contribution in [3.63, 3.8) is 0 Å². The Balaban J connectivity index is 2.71.